The van der Waals surface area contributed by atoms with E-state index in [1.54, 1.807) is 30.3 Å². The van der Waals surface area contributed by atoms with E-state index in [2.05, 4.69) is 0 Å². The Bertz CT molecular complexity index is 338. The molecule has 0 bridgehead atoms. The van der Waals surface area contributed by atoms with Crippen LogP contribution >= 0.6 is 0 Å². The summed E-state index contributed by atoms with van der Waals surface area (Å²) in [4.78, 5) is 11.5. The molecule has 1 aromatic carbocycles. The van der Waals surface area contributed by atoms with Gasteiger partial charge in [0, 0.05) is 6.42 Å². The number of aliphatic hydroxyl groups is 3. The molecule has 0 aliphatic carbocycles. The van der Waals surface area contributed by atoms with E-state index in [4.69, 9.17) is 14.9 Å². The fourth-order valence-corrected chi connectivity index (χ4v) is 1.29. The molecule has 0 amide bonds. The molecule has 1 aromatic rings. The topological polar surface area (TPSA) is 87.0 Å². The molecule has 0 spiro atoms. The molecule has 2 atom stereocenters. The molecule has 0 fully saturated rings. The van der Waals surface area contributed by atoms with Gasteiger partial charge in [-0.2, -0.15) is 0 Å². The fraction of sp³-hybridized carbons (Fsp3) is 0.417. The summed E-state index contributed by atoms with van der Waals surface area (Å²) in [5.74, 6) is -0.525. The lowest BCUT2D eigenvalue weighted by Crippen LogP contribution is -2.25. The average Bonchev–Trinajstić information content (AvgIpc) is 2.36. The minimum absolute atomic E-state index is 0.0292. The highest BCUT2D eigenvalue weighted by atomic mass is 16.5. The predicted octanol–water partition coefficient (Wildman–Crippen LogP) is -0.0524. The second-order valence-corrected chi connectivity index (χ2v) is 3.69. The van der Waals surface area contributed by atoms with Gasteiger partial charge in [0.1, 0.15) is 6.61 Å². The van der Waals surface area contributed by atoms with Crippen molar-refractivity contribution in [1.82, 2.24) is 0 Å². The standard InChI is InChI=1S/C12H16O5/c13-7-10(14)6-11(15)8-17-12(16)9-4-2-1-3-5-9/h1-5,10-11,13-15H,6-8H2/t10-,11+/m1/s1. The Kier molecular flexibility index (Phi) is 5.62. The van der Waals surface area contributed by atoms with Crippen LogP contribution in [0, 0.1) is 0 Å². The number of ether oxygens (including phenoxy) is 1. The van der Waals surface area contributed by atoms with Crippen LogP contribution in [0.25, 0.3) is 0 Å². The SMILES string of the molecule is O=C(OC[C@@H](O)C[C@@H](O)CO)c1ccccc1. The zero-order valence-corrected chi connectivity index (χ0v) is 9.32. The maximum absolute atomic E-state index is 11.5. The lowest BCUT2D eigenvalue weighted by atomic mass is 10.2. The van der Waals surface area contributed by atoms with Crippen LogP contribution < -0.4 is 0 Å². The van der Waals surface area contributed by atoms with E-state index in [9.17, 15) is 9.90 Å². The summed E-state index contributed by atoms with van der Waals surface area (Å²) in [6.07, 6.45) is -2.01. The predicted molar refractivity (Wildman–Crippen MR) is 60.4 cm³/mol. The highest BCUT2D eigenvalue weighted by Gasteiger charge is 2.14. The van der Waals surface area contributed by atoms with Crippen LogP contribution in [0.1, 0.15) is 16.8 Å². The summed E-state index contributed by atoms with van der Waals surface area (Å²) in [5, 5.41) is 27.0. The Labute approximate surface area is 99.3 Å². The number of carbonyl (C=O) groups is 1. The van der Waals surface area contributed by atoms with Gasteiger partial charge in [-0.15, -0.1) is 0 Å². The van der Waals surface area contributed by atoms with Gasteiger partial charge in [0.25, 0.3) is 0 Å². The van der Waals surface area contributed by atoms with Gasteiger partial charge in [0.15, 0.2) is 0 Å². The van der Waals surface area contributed by atoms with E-state index in [1.165, 1.54) is 0 Å². The third kappa shape index (κ3) is 4.95. The van der Waals surface area contributed by atoms with Gasteiger partial charge in [-0.1, -0.05) is 18.2 Å². The van der Waals surface area contributed by atoms with Gasteiger partial charge in [-0.25, -0.2) is 4.79 Å². The molecule has 94 valence electrons. The van der Waals surface area contributed by atoms with Crippen molar-refractivity contribution in [3.05, 3.63) is 35.9 Å². The Morgan fingerprint density at radius 3 is 2.41 bits per heavy atom. The van der Waals surface area contributed by atoms with Crippen molar-refractivity contribution < 1.29 is 24.9 Å². The summed E-state index contributed by atoms with van der Waals surface area (Å²) in [7, 11) is 0. The number of rotatable bonds is 6. The van der Waals surface area contributed by atoms with Gasteiger partial charge < -0.3 is 20.1 Å². The molecule has 5 nitrogen and oxygen atoms in total. The molecule has 17 heavy (non-hydrogen) atoms. The molecule has 0 saturated heterocycles. The van der Waals surface area contributed by atoms with Crippen molar-refractivity contribution in [2.75, 3.05) is 13.2 Å². The molecule has 1 rings (SSSR count). The van der Waals surface area contributed by atoms with Gasteiger partial charge >= 0.3 is 5.97 Å². The lowest BCUT2D eigenvalue weighted by molar-refractivity contribution is -0.000823. The number of esters is 1. The van der Waals surface area contributed by atoms with Crippen LogP contribution in [0.3, 0.4) is 0 Å². The van der Waals surface area contributed by atoms with Gasteiger partial charge in [0.2, 0.25) is 0 Å². The molecule has 3 N–H and O–H groups in total. The summed E-state index contributed by atoms with van der Waals surface area (Å²) < 4.78 is 4.85. The molecule has 0 radical (unpaired) electrons. The smallest absolute Gasteiger partial charge is 0.338 e. The third-order valence-electron chi connectivity index (χ3n) is 2.17. The van der Waals surface area contributed by atoms with Crippen molar-refractivity contribution in [3.63, 3.8) is 0 Å². The van der Waals surface area contributed by atoms with E-state index >= 15 is 0 Å². The van der Waals surface area contributed by atoms with Crippen LogP contribution in [0.5, 0.6) is 0 Å². The van der Waals surface area contributed by atoms with Gasteiger partial charge in [-0.3, -0.25) is 0 Å². The highest BCUT2D eigenvalue weighted by molar-refractivity contribution is 5.89. The van der Waals surface area contributed by atoms with Crippen molar-refractivity contribution >= 4 is 5.97 Å². The number of hydrogen-bond donors (Lipinski definition) is 3. The van der Waals surface area contributed by atoms with Crippen LogP contribution in [0.4, 0.5) is 0 Å². The lowest BCUT2D eigenvalue weighted by Gasteiger charge is -2.13. The molecule has 0 aliphatic heterocycles. The second kappa shape index (κ2) is 7.01. The zero-order valence-electron chi connectivity index (χ0n) is 9.32. The summed E-state index contributed by atoms with van der Waals surface area (Å²) >= 11 is 0. The molecule has 0 aliphatic rings. The van der Waals surface area contributed by atoms with Crippen LogP contribution in [0.2, 0.25) is 0 Å². The Morgan fingerprint density at radius 1 is 1.18 bits per heavy atom. The summed E-state index contributed by atoms with van der Waals surface area (Å²) in [5.41, 5.74) is 0.405. The van der Waals surface area contributed by atoms with Crippen molar-refractivity contribution in [1.29, 1.82) is 0 Å². The fourth-order valence-electron chi connectivity index (χ4n) is 1.29. The molecule has 5 heteroatoms. The monoisotopic (exact) mass is 240 g/mol. The van der Waals surface area contributed by atoms with Crippen LogP contribution in [-0.4, -0.2) is 46.7 Å². The molecule has 0 heterocycles. The second-order valence-electron chi connectivity index (χ2n) is 3.69. The van der Waals surface area contributed by atoms with E-state index in [1.807, 2.05) is 0 Å². The number of benzene rings is 1. The highest BCUT2D eigenvalue weighted by Crippen LogP contribution is 2.03. The van der Waals surface area contributed by atoms with E-state index in [-0.39, 0.29) is 13.0 Å². The quantitative estimate of drug-likeness (QED) is 0.607. The van der Waals surface area contributed by atoms with E-state index in [0.29, 0.717) is 5.56 Å². The Hall–Kier alpha value is -1.43. The maximum atomic E-state index is 11.5. The minimum Gasteiger partial charge on any atom is -0.459 e. The first-order valence-electron chi connectivity index (χ1n) is 5.32. The summed E-state index contributed by atoms with van der Waals surface area (Å²) in [6, 6.07) is 8.42. The molecule has 0 unspecified atom stereocenters. The first-order valence-corrected chi connectivity index (χ1v) is 5.32. The largest absolute Gasteiger partial charge is 0.459 e. The zero-order chi connectivity index (χ0) is 12.7. The van der Waals surface area contributed by atoms with Crippen molar-refractivity contribution in [2.45, 2.75) is 18.6 Å². The van der Waals surface area contributed by atoms with Gasteiger partial charge in [0.05, 0.1) is 24.4 Å². The molecular weight excluding hydrogens is 224 g/mol. The number of aliphatic hydroxyl groups excluding tert-OH is 3. The van der Waals surface area contributed by atoms with Crippen molar-refractivity contribution in [3.8, 4) is 0 Å². The van der Waals surface area contributed by atoms with E-state index < -0.39 is 24.8 Å². The van der Waals surface area contributed by atoms with E-state index in [0.717, 1.165) is 0 Å². The normalized spacial score (nSPS) is 14.1. The first kappa shape index (κ1) is 13.6. The van der Waals surface area contributed by atoms with Crippen molar-refractivity contribution in [2.24, 2.45) is 0 Å². The maximum Gasteiger partial charge on any atom is 0.338 e. The average molecular weight is 240 g/mol. The Balaban J connectivity index is 2.33. The number of hydrogen-bond acceptors (Lipinski definition) is 5. The van der Waals surface area contributed by atoms with Gasteiger partial charge in [-0.05, 0) is 12.1 Å². The third-order valence-corrected chi connectivity index (χ3v) is 2.17. The first-order chi connectivity index (χ1) is 8.13. The Morgan fingerprint density at radius 2 is 1.82 bits per heavy atom. The van der Waals surface area contributed by atoms with Crippen LogP contribution in [0.15, 0.2) is 30.3 Å². The minimum atomic E-state index is -1.000. The molecular formula is C12H16O5. The molecule has 0 aromatic heterocycles. The number of carbonyl (C=O) groups excluding carboxylic acids is 1. The molecule has 0 saturated carbocycles. The summed E-state index contributed by atoms with van der Waals surface area (Å²) in [6.45, 7) is -0.630. The van der Waals surface area contributed by atoms with Crippen LogP contribution in [-0.2, 0) is 4.74 Å².